The van der Waals surface area contributed by atoms with E-state index >= 15 is 0 Å². The molecular weight excluding hydrogens is 606 g/mol. The van der Waals surface area contributed by atoms with Gasteiger partial charge in [0.05, 0.1) is 47.2 Å². The van der Waals surface area contributed by atoms with Gasteiger partial charge in [0.1, 0.15) is 4.83 Å². The highest BCUT2D eigenvalue weighted by Crippen LogP contribution is 2.46. The van der Waals surface area contributed by atoms with Gasteiger partial charge in [0.15, 0.2) is 11.6 Å². The number of halogens is 4. The maximum atomic E-state index is 13.0. The Morgan fingerprint density at radius 2 is 1.45 bits per heavy atom. The quantitative estimate of drug-likeness (QED) is 0.0747. The Labute approximate surface area is 245 Å². The van der Waals surface area contributed by atoms with Crippen LogP contribution in [0.5, 0.6) is 0 Å². The van der Waals surface area contributed by atoms with E-state index in [9.17, 15) is 9.59 Å². The number of rotatable bonds is 4. The van der Waals surface area contributed by atoms with Crippen molar-refractivity contribution in [2.75, 3.05) is 18.0 Å². The van der Waals surface area contributed by atoms with E-state index in [2.05, 4.69) is 32.2 Å². The Bertz CT molecular complexity index is 1610. The third-order valence-electron chi connectivity index (χ3n) is 6.42. The summed E-state index contributed by atoms with van der Waals surface area (Å²) < 4.78 is 0.869. The minimum absolute atomic E-state index is 0.0227. The molecule has 0 amide bonds. The summed E-state index contributed by atoms with van der Waals surface area (Å²) in [6.45, 7) is 2.18. The zero-order chi connectivity index (χ0) is 26.6. The van der Waals surface area contributed by atoms with Crippen LogP contribution in [-0.2, 0) is 0 Å². The lowest BCUT2D eigenvalue weighted by molar-refractivity contribution is 0.0990. The standard InChI is InChI=1S/C26H16Cl4N4O2S2/c27-19-17-18(20(28)22(30)21(19)29)24(36)15(23(17)35)10-14-11-16-25(37-14)31-26(38-16)33-32-12-4-6-13(7-5-12)34-8-2-1-3-9-34/h4-7,10-11H,1-3,8-9H2. The number of piperidine rings is 1. The largest absolute Gasteiger partial charge is 0.372 e. The van der Waals surface area contributed by atoms with Gasteiger partial charge in [0, 0.05) is 23.7 Å². The Hall–Kier alpha value is -2.33. The van der Waals surface area contributed by atoms with Crippen LogP contribution < -0.4 is 4.90 Å². The van der Waals surface area contributed by atoms with Gasteiger partial charge in [0.25, 0.3) is 0 Å². The summed E-state index contributed by atoms with van der Waals surface area (Å²) in [6.07, 6.45) is 5.28. The van der Waals surface area contributed by atoms with Crippen molar-refractivity contribution in [2.24, 2.45) is 10.2 Å². The van der Waals surface area contributed by atoms with Crippen LogP contribution in [-0.4, -0.2) is 29.6 Å². The van der Waals surface area contributed by atoms with E-state index in [0.717, 1.165) is 28.3 Å². The van der Waals surface area contributed by atoms with E-state index in [-0.39, 0.29) is 36.8 Å². The number of carbonyl (C=O) groups is 2. The number of benzene rings is 2. The van der Waals surface area contributed by atoms with Gasteiger partial charge in [0.2, 0.25) is 5.13 Å². The van der Waals surface area contributed by atoms with Crippen LogP contribution in [0.4, 0.5) is 16.5 Å². The van der Waals surface area contributed by atoms with E-state index in [1.54, 1.807) is 0 Å². The Morgan fingerprint density at radius 3 is 2.05 bits per heavy atom. The third kappa shape index (κ3) is 4.57. The second kappa shape index (κ2) is 10.3. The Balaban J connectivity index is 1.21. The summed E-state index contributed by atoms with van der Waals surface area (Å²) in [7, 11) is 0. The molecule has 0 radical (unpaired) electrons. The second-order valence-electron chi connectivity index (χ2n) is 8.80. The number of anilines is 1. The molecule has 1 aliphatic heterocycles. The lowest BCUT2D eigenvalue weighted by atomic mass is 10.1. The molecule has 38 heavy (non-hydrogen) atoms. The first-order chi connectivity index (χ1) is 18.3. The number of hydrogen-bond acceptors (Lipinski definition) is 8. The van der Waals surface area contributed by atoms with Crippen molar-refractivity contribution in [3.8, 4) is 0 Å². The molecule has 4 aromatic rings. The van der Waals surface area contributed by atoms with Crippen molar-refractivity contribution in [3.63, 3.8) is 0 Å². The smallest absolute Gasteiger partial charge is 0.231 e. The van der Waals surface area contributed by atoms with Gasteiger partial charge in [-0.15, -0.1) is 21.6 Å². The summed E-state index contributed by atoms with van der Waals surface area (Å²) >= 11 is 27.3. The molecule has 0 unspecified atom stereocenters. The molecule has 2 aromatic carbocycles. The van der Waals surface area contributed by atoms with Crippen molar-refractivity contribution in [1.29, 1.82) is 0 Å². The number of ketones is 2. The molecular formula is C26H16Cl4N4O2S2. The zero-order valence-electron chi connectivity index (χ0n) is 19.4. The Morgan fingerprint density at radius 1 is 0.816 bits per heavy atom. The number of fused-ring (bicyclic) bond motifs is 2. The number of carbonyl (C=O) groups excluding carboxylic acids is 2. The number of azo groups is 1. The van der Waals surface area contributed by atoms with Gasteiger partial charge < -0.3 is 4.90 Å². The summed E-state index contributed by atoms with van der Waals surface area (Å²) in [4.78, 5) is 34.4. The first-order valence-electron chi connectivity index (χ1n) is 11.7. The monoisotopic (exact) mass is 620 g/mol. The van der Waals surface area contributed by atoms with Crippen molar-refractivity contribution >= 4 is 113 Å². The fourth-order valence-corrected chi connectivity index (χ4v) is 7.55. The van der Waals surface area contributed by atoms with Crippen LogP contribution in [0.25, 0.3) is 15.6 Å². The molecule has 1 aliphatic carbocycles. The van der Waals surface area contributed by atoms with Crippen LogP contribution in [0.1, 0.15) is 44.9 Å². The molecule has 12 heteroatoms. The van der Waals surface area contributed by atoms with Crippen molar-refractivity contribution < 1.29 is 9.59 Å². The average molecular weight is 622 g/mol. The van der Waals surface area contributed by atoms with Crippen molar-refractivity contribution in [1.82, 2.24) is 4.98 Å². The van der Waals surface area contributed by atoms with E-state index in [1.807, 2.05) is 18.2 Å². The van der Waals surface area contributed by atoms with Gasteiger partial charge in [-0.2, -0.15) is 0 Å². The number of thiazole rings is 1. The van der Waals surface area contributed by atoms with Gasteiger partial charge in [-0.25, -0.2) is 4.98 Å². The summed E-state index contributed by atoms with van der Waals surface area (Å²) in [5, 5.41) is 8.87. The van der Waals surface area contributed by atoms with Crippen LogP contribution in [0.2, 0.25) is 20.1 Å². The minimum atomic E-state index is -0.541. The summed E-state index contributed by atoms with van der Waals surface area (Å²) in [5.41, 5.74) is 1.86. The number of hydrogen-bond donors (Lipinski definition) is 0. The molecule has 2 aromatic heterocycles. The molecule has 1 saturated heterocycles. The molecule has 6 nitrogen and oxygen atoms in total. The second-order valence-corrected chi connectivity index (χ2v) is 12.4. The van der Waals surface area contributed by atoms with Gasteiger partial charge in [-0.1, -0.05) is 57.7 Å². The van der Waals surface area contributed by atoms with E-state index in [4.69, 9.17) is 46.4 Å². The Kier molecular flexibility index (Phi) is 7.05. The maximum absolute atomic E-state index is 13.0. The lowest BCUT2D eigenvalue weighted by Crippen LogP contribution is -2.29. The SMILES string of the molecule is O=C1C(=Cc2cc3sc(N=Nc4ccc(N5CCCCC5)cc4)nc3s2)C(=O)c2c(Cl)c(Cl)c(Cl)c(Cl)c21. The van der Waals surface area contributed by atoms with Crippen LogP contribution in [0, 0.1) is 0 Å². The highest BCUT2D eigenvalue weighted by atomic mass is 35.5. The lowest BCUT2D eigenvalue weighted by Gasteiger charge is -2.28. The zero-order valence-corrected chi connectivity index (χ0v) is 24.1. The third-order valence-corrected chi connectivity index (χ3v) is 10.2. The number of aromatic nitrogens is 1. The molecule has 2 aliphatic rings. The van der Waals surface area contributed by atoms with E-state index in [1.165, 1.54) is 53.7 Å². The predicted molar refractivity (Wildman–Crippen MR) is 157 cm³/mol. The molecule has 0 bridgehead atoms. The fraction of sp³-hybridized carbons (Fsp3) is 0.192. The molecule has 6 rings (SSSR count). The van der Waals surface area contributed by atoms with Crippen LogP contribution >= 0.6 is 69.1 Å². The van der Waals surface area contributed by atoms with E-state index in [0.29, 0.717) is 10.0 Å². The normalized spacial score (nSPS) is 15.8. The maximum Gasteiger partial charge on any atom is 0.231 e. The molecule has 0 N–H and O–H groups in total. The van der Waals surface area contributed by atoms with Crippen LogP contribution in [0.15, 0.2) is 46.1 Å². The molecule has 192 valence electrons. The topological polar surface area (TPSA) is 75.0 Å². The first-order valence-corrected chi connectivity index (χ1v) is 14.8. The highest BCUT2D eigenvalue weighted by Gasteiger charge is 2.39. The highest BCUT2D eigenvalue weighted by molar-refractivity contribution is 7.29. The number of nitrogens with zero attached hydrogens (tertiary/aromatic N) is 4. The molecule has 0 saturated carbocycles. The summed E-state index contributed by atoms with van der Waals surface area (Å²) in [5.74, 6) is -1.08. The first kappa shape index (κ1) is 25.9. The van der Waals surface area contributed by atoms with Gasteiger partial charge in [-0.3, -0.25) is 9.59 Å². The van der Waals surface area contributed by atoms with E-state index < -0.39 is 11.6 Å². The van der Waals surface area contributed by atoms with Gasteiger partial charge >= 0.3 is 0 Å². The van der Waals surface area contributed by atoms with Crippen molar-refractivity contribution in [3.05, 3.63) is 72.0 Å². The number of allylic oxidation sites excluding steroid dienone is 1. The fourth-order valence-electron chi connectivity index (χ4n) is 4.54. The predicted octanol–water partition coefficient (Wildman–Crippen LogP) is 9.84. The molecule has 3 heterocycles. The van der Waals surface area contributed by atoms with Crippen molar-refractivity contribution in [2.45, 2.75) is 19.3 Å². The molecule has 0 spiro atoms. The summed E-state index contributed by atoms with van der Waals surface area (Å²) in [6, 6.07) is 9.92. The molecule has 0 atom stereocenters. The van der Waals surface area contributed by atoms with Gasteiger partial charge in [-0.05, 0) is 55.7 Å². The average Bonchev–Trinajstić information content (AvgIpc) is 3.56. The van der Waals surface area contributed by atoms with Crippen LogP contribution in [0.3, 0.4) is 0 Å². The molecule has 1 fully saturated rings. The minimum Gasteiger partial charge on any atom is -0.372 e. The number of thiophene rings is 1. The number of Topliss-reactive ketones (excluding diaryl/α,β-unsaturated/α-hetero) is 2.